The second kappa shape index (κ2) is 10.7. The van der Waals surface area contributed by atoms with Gasteiger partial charge in [-0.3, -0.25) is 0 Å². The van der Waals surface area contributed by atoms with Crippen LogP contribution < -0.4 is 15.5 Å². The Bertz CT molecular complexity index is 1210. The lowest BCUT2D eigenvalue weighted by Gasteiger charge is -2.34. The molecule has 2 unspecified atom stereocenters. The first kappa shape index (κ1) is 23.0. The van der Waals surface area contributed by atoms with E-state index in [4.69, 9.17) is 14.8 Å². The van der Waals surface area contributed by atoms with E-state index in [1.54, 1.807) is 11.3 Å². The Labute approximate surface area is 205 Å². The van der Waals surface area contributed by atoms with E-state index in [-0.39, 0.29) is 6.10 Å². The summed E-state index contributed by atoms with van der Waals surface area (Å²) >= 11 is 1.67. The first-order valence-corrected chi connectivity index (χ1v) is 12.8. The molecular weight excluding hydrogens is 442 g/mol. The molecule has 1 aliphatic rings. The second-order valence-corrected chi connectivity index (χ2v) is 10.0. The van der Waals surface area contributed by atoms with E-state index in [9.17, 15) is 0 Å². The third-order valence-corrected chi connectivity index (χ3v) is 7.16. The molecule has 34 heavy (non-hydrogen) atoms. The van der Waals surface area contributed by atoms with Gasteiger partial charge in [-0.25, -0.2) is 4.98 Å². The van der Waals surface area contributed by atoms with Crippen LogP contribution >= 0.6 is 11.3 Å². The van der Waals surface area contributed by atoms with Crippen molar-refractivity contribution >= 4 is 21.6 Å². The van der Waals surface area contributed by atoms with E-state index >= 15 is 0 Å². The molecular formula is C28H31N3O2S. The number of aromatic nitrogens is 1. The van der Waals surface area contributed by atoms with Crippen LogP contribution in [0.2, 0.25) is 0 Å². The highest BCUT2D eigenvalue weighted by molar-refractivity contribution is 7.21. The summed E-state index contributed by atoms with van der Waals surface area (Å²) in [6.45, 7) is 5.66. The minimum atomic E-state index is -0.0251. The molecule has 176 valence electrons. The zero-order valence-electron chi connectivity index (χ0n) is 19.7. The normalized spacial score (nSPS) is 18.4. The maximum atomic E-state index is 5.80. The molecule has 0 bridgehead atoms. The summed E-state index contributed by atoms with van der Waals surface area (Å²) in [4.78, 5) is 16.3. The van der Waals surface area contributed by atoms with Crippen LogP contribution in [0.5, 0.6) is 5.75 Å². The summed E-state index contributed by atoms with van der Waals surface area (Å²) in [6.07, 6.45) is 2.26. The zero-order valence-corrected chi connectivity index (χ0v) is 20.5. The SMILES string of the molecule is CC(C)OOc1cc2sc(-c3ccccc3)nc2cc1CNC1CCCNC1c1ccccc1. The van der Waals surface area contributed by atoms with Gasteiger partial charge in [-0.1, -0.05) is 60.7 Å². The van der Waals surface area contributed by atoms with Crippen molar-refractivity contribution in [2.24, 2.45) is 0 Å². The number of thiazole rings is 1. The highest BCUT2D eigenvalue weighted by atomic mass is 32.1. The first-order valence-electron chi connectivity index (χ1n) is 12.0. The van der Waals surface area contributed by atoms with Crippen LogP contribution in [-0.4, -0.2) is 23.7 Å². The lowest BCUT2D eigenvalue weighted by molar-refractivity contribution is -0.235. The fourth-order valence-electron chi connectivity index (χ4n) is 4.43. The highest BCUT2D eigenvalue weighted by Gasteiger charge is 2.26. The molecule has 1 aromatic heterocycles. The summed E-state index contributed by atoms with van der Waals surface area (Å²) < 4.78 is 1.09. The molecule has 3 aromatic carbocycles. The van der Waals surface area contributed by atoms with E-state index in [0.717, 1.165) is 51.5 Å². The summed E-state index contributed by atoms with van der Waals surface area (Å²) in [5.74, 6) is 0.747. The minimum absolute atomic E-state index is 0.0251. The smallest absolute Gasteiger partial charge is 0.171 e. The van der Waals surface area contributed by atoms with Gasteiger partial charge in [0.1, 0.15) is 5.01 Å². The molecule has 1 saturated heterocycles. The molecule has 1 fully saturated rings. The quantitative estimate of drug-likeness (QED) is 0.233. The zero-order chi connectivity index (χ0) is 23.3. The van der Waals surface area contributed by atoms with Crippen LogP contribution in [-0.2, 0) is 11.4 Å². The van der Waals surface area contributed by atoms with Gasteiger partial charge in [0.15, 0.2) is 5.75 Å². The Hall–Kier alpha value is -2.77. The van der Waals surface area contributed by atoms with Crippen LogP contribution in [0.4, 0.5) is 0 Å². The monoisotopic (exact) mass is 473 g/mol. The van der Waals surface area contributed by atoms with E-state index in [2.05, 4.69) is 65.2 Å². The van der Waals surface area contributed by atoms with Crippen LogP contribution in [0.25, 0.3) is 20.8 Å². The lowest BCUT2D eigenvalue weighted by Crippen LogP contribution is -2.45. The topological polar surface area (TPSA) is 55.4 Å². The van der Waals surface area contributed by atoms with Crippen LogP contribution in [0.15, 0.2) is 72.8 Å². The Kier molecular flexibility index (Phi) is 7.21. The van der Waals surface area contributed by atoms with Gasteiger partial charge >= 0.3 is 0 Å². The predicted octanol–water partition coefficient (Wildman–Crippen LogP) is 6.27. The third kappa shape index (κ3) is 5.31. The van der Waals surface area contributed by atoms with Crippen molar-refractivity contribution < 1.29 is 9.78 Å². The Balaban J connectivity index is 1.41. The molecule has 0 spiro atoms. The molecule has 0 amide bonds. The van der Waals surface area contributed by atoms with Crippen molar-refractivity contribution in [1.29, 1.82) is 0 Å². The maximum absolute atomic E-state index is 5.80. The Morgan fingerprint density at radius 2 is 1.82 bits per heavy atom. The molecule has 2 N–H and O–H groups in total. The third-order valence-electron chi connectivity index (χ3n) is 6.09. The van der Waals surface area contributed by atoms with Gasteiger partial charge in [-0.15, -0.1) is 11.3 Å². The highest BCUT2D eigenvalue weighted by Crippen LogP contribution is 2.35. The predicted molar refractivity (Wildman–Crippen MR) is 139 cm³/mol. The summed E-state index contributed by atoms with van der Waals surface area (Å²) in [5, 5.41) is 8.50. The van der Waals surface area contributed by atoms with E-state index in [1.807, 2.05) is 32.0 Å². The van der Waals surface area contributed by atoms with Crippen LogP contribution in [0.3, 0.4) is 0 Å². The standard InChI is InChI=1S/C28H31N3O2S/c1-19(2)32-33-25-17-26-24(31-28(34-26)21-12-7-4-8-13-21)16-22(25)18-30-23-14-9-15-29-27(23)20-10-5-3-6-11-20/h3-8,10-13,16-17,19,23,27,29-30H,9,14-15,18H2,1-2H3. The molecule has 1 aliphatic heterocycles. The Morgan fingerprint density at radius 3 is 2.59 bits per heavy atom. The summed E-state index contributed by atoms with van der Waals surface area (Å²) in [5.41, 5.74) is 4.49. The van der Waals surface area contributed by atoms with Gasteiger partial charge in [0.05, 0.1) is 16.3 Å². The van der Waals surface area contributed by atoms with Gasteiger partial charge in [0.2, 0.25) is 0 Å². The van der Waals surface area contributed by atoms with Gasteiger partial charge in [-0.05, 0) is 44.9 Å². The number of benzene rings is 3. The summed E-state index contributed by atoms with van der Waals surface area (Å²) in [6, 6.07) is 25.8. The molecule has 4 aromatic rings. The van der Waals surface area contributed by atoms with Crippen LogP contribution in [0.1, 0.15) is 43.9 Å². The number of rotatable bonds is 8. The van der Waals surface area contributed by atoms with Crippen molar-refractivity contribution in [3.63, 3.8) is 0 Å². The molecule has 5 rings (SSSR count). The minimum Gasteiger partial charge on any atom is -0.337 e. The molecule has 0 aliphatic carbocycles. The van der Waals surface area contributed by atoms with Gasteiger partial charge in [0.25, 0.3) is 0 Å². The number of hydrogen-bond acceptors (Lipinski definition) is 6. The van der Waals surface area contributed by atoms with E-state index in [0.29, 0.717) is 18.6 Å². The average molecular weight is 474 g/mol. The molecule has 6 heteroatoms. The van der Waals surface area contributed by atoms with Crippen molar-refractivity contribution in [2.75, 3.05) is 6.54 Å². The Morgan fingerprint density at radius 1 is 1.06 bits per heavy atom. The molecule has 0 radical (unpaired) electrons. The fourth-order valence-corrected chi connectivity index (χ4v) is 5.41. The van der Waals surface area contributed by atoms with Crippen molar-refractivity contribution in [2.45, 2.75) is 51.4 Å². The average Bonchev–Trinajstić information content (AvgIpc) is 3.30. The molecule has 5 nitrogen and oxygen atoms in total. The van der Waals surface area contributed by atoms with Crippen LogP contribution in [0, 0.1) is 0 Å². The van der Waals surface area contributed by atoms with Crippen molar-refractivity contribution in [3.05, 3.63) is 83.9 Å². The van der Waals surface area contributed by atoms with Crippen molar-refractivity contribution in [1.82, 2.24) is 15.6 Å². The number of hydrogen-bond donors (Lipinski definition) is 2. The van der Waals surface area contributed by atoms with Crippen molar-refractivity contribution in [3.8, 4) is 16.3 Å². The van der Waals surface area contributed by atoms with Gasteiger partial charge in [0, 0.05) is 35.8 Å². The van der Waals surface area contributed by atoms with Gasteiger partial charge in [-0.2, -0.15) is 4.89 Å². The second-order valence-electron chi connectivity index (χ2n) is 9.01. The molecule has 2 heterocycles. The van der Waals surface area contributed by atoms with E-state index < -0.39 is 0 Å². The fraction of sp³-hybridized carbons (Fsp3) is 0.321. The number of fused-ring (bicyclic) bond motifs is 1. The molecule has 2 atom stereocenters. The van der Waals surface area contributed by atoms with E-state index in [1.165, 1.54) is 5.56 Å². The summed E-state index contributed by atoms with van der Waals surface area (Å²) in [7, 11) is 0. The first-order chi connectivity index (χ1) is 16.7. The largest absolute Gasteiger partial charge is 0.337 e. The lowest BCUT2D eigenvalue weighted by atomic mass is 9.92. The number of nitrogens with zero attached hydrogens (tertiary/aromatic N) is 1. The van der Waals surface area contributed by atoms with Gasteiger partial charge < -0.3 is 15.5 Å². The maximum Gasteiger partial charge on any atom is 0.171 e. The molecule has 0 saturated carbocycles. The number of nitrogens with one attached hydrogen (secondary N) is 2. The number of piperidine rings is 1.